The molecule has 2 nitrogen and oxygen atoms in total. The average Bonchev–Trinajstić information content (AvgIpc) is 2.00. The minimum Gasteiger partial charge on any atom is -0.300 e. The lowest BCUT2D eigenvalue weighted by Crippen LogP contribution is -2.55. The molecule has 1 saturated carbocycles. The van der Waals surface area contributed by atoms with Crippen molar-refractivity contribution >= 4 is 28.4 Å². The molecule has 0 amide bonds. The first-order valence-electron chi connectivity index (χ1n) is 4.77. The van der Waals surface area contributed by atoms with Crippen molar-refractivity contribution in [3.8, 4) is 0 Å². The number of likely N-dealkylation sites (tertiary alicyclic amines) is 1. The monoisotopic (exact) mass is 315 g/mol. The van der Waals surface area contributed by atoms with E-state index >= 15 is 0 Å². The molecule has 1 saturated heterocycles. The summed E-state index contributed by atoms with van der Waals surface area (Å²) in [5, 5.41) is 0. The van der Waals surface area contributed by atoms with Crippen LogP contribution in [0.25, 0.3) is 0 Å². The molecule has 1 heterocycles. The highest BCUT2D eigenvalue weighted by Crippen LogP contribution is 2.42. The highest BCUT2D eigenvalue weighted by atomic mass is 127. The number of ketones is 1. The second-order valence-electron chi connectivity index (χ2n) is 4.08. The fourth-order valence-corrected chi connectivity index (χ4v) is 3.30. The first-order valence-corrected chi connectivity index (χ1v) is 6.02. The molecule has 1 atom stereocenters. The number of Topliss-reactive ketones (excluding diaryl/α,β-unsaturated/α-hetero) is 1. The van der Waals surface area contributed by atoms with Crippen molar-refractivity contribution in [2.24, 2.45) is 0 Å². The summed E-state index contributed by atoms with van der Waals surface area (Å²) in [4.78, 5) is 13.2. The predicted molar refractivity (Wildman–Crippen MR) is 56.7 cm³/mol. The summed E-state index contributed by atoms with van der Waals surface area (Å²) in [5.41, 5.74) is 0. The summed E-state index contributed by atoms with van der Waals surface area (Å²) in [7, 11) is 0. The van der Waals surface area contributed by atoms with Gasteiger partial charge in [-0.3, -0.25) is 9.69 Å². The minimum atomic E-state index is -2.46. The van der Waals surface area contributed by atoms with Gasteiger partial charge in [0.05, 0.1) is 4.05 Å². The van der Waals surface area contributed by atoms with Crippen LogP contribution in [0.1, 0.15) is 25.7 Å². The Morgan fingerprint density at radius 1 is 1.43 bits per heavy atom. The topological polar surface area (TPSA) is 20.3 Å². The van der Waals surface area contributed by atoms with Crippen LogP contribution in [0, 0.1) is 0 Å². The van der Waals surface area contributed by atoms with Crippen LogP contribution in [0.2, 0.25) is 0 Å². The molecule has 14 heavy (non-hydrogen) atoms. The van der Waals surface area contributed by atoms with Gasteiger partial charge in [-0.05, 0) is 0 Å². The molecule has 2 rings (SSSR count). The second kappa shape index (κ2) is 3.66. The molecule has 1 unspecified atom stereocenters. The van der Waals surface area contributed by atoms with Gasteiger partial charge in [-0.25, -0.2) is 8.78 Å². The number of piperidine rings is 1. The van der Waals surface area contributed by atoms with E-state index in [1.807, 2.05) is 0 Å². The van der Waals surface area contributed by atoms with Crippen molar-refractivity contribution in [2.45, 2.75) is 41.7 Å². The molecule has 0 radical (unpaired) electrons. The van der Waals surface area contributed by atoms with E-state index in [9.17, 15) is 13.6 Å². The predicted octanol–water partition coefficient (Wildman–Crippen LogP) is 2.21. The largest absolute Gasteiger partial charge is 0.300 e. The Bertz CT molecular complexity index is 251. The molecule has 1 aliphatic carbocycles. The SMILES string of the molecule is O=C1CCN(C2CC(F)(F)C2)C(I)C1. The van der Waals surface area contributed by atoms with Crippen LogP contribution in [0.4, 0.5) is 8.78 Å². The Labute approximate surface area is 95.2 Å². The van der Waals surface area contributed by atoms with Gasteiger partial charge >= 0.3 is 0 Å². The van der Waals surface area contributed by atoms with Crippen LogP contribution in [-0.2, 0) is 4.79 Å². The van der Waals surface area contributed by atoms with Gasteiger partial charge in [0.25, 0.3) is 5.92 Å². The standard InChI is InChI=1S/C9H12F2INO/c10-9(11)4-6(5-9)13-2-1-7(14)3-8(13)12/h6,8H,1-5H2. The highest BCUT2D eigenvalue weighted by Gasteiger charge is 2.49. The first-order chi connectivity index (χ1) is 6.48. The van der Waals surface area contributed by atoms with Gasteiger partial charge in [0.1, 0.15) is 5.78 Å². The summed E-state index contributed by atoms with van der Waals surface area (Å²) < 4.78 is 25.4. The van der Waals surface area contributed by atoms with Gasteiger partial charge in [0.15, 0.2) is 0 Å². The van der Waals surface area contributed by atoms with Gasteiger partial charge in [0, 0.05) is 38.3 Å². The molecule has 1 aliphatic heterocycles. The third-order valence-electron chi connectivity index (χ3n) is 2.94. The van der Waals surface area contributed by atoms with Crippen LogP contribution < -0.4 is 0 Å². The molecular weight excluding hydrogens is 303 g/mol. The van der Waals surface area contributed by atoms with Gasteiger partial charge < -0.3 is 0 Å². The van der Waals surface area contributed by atoms with Gasteiger partial charge in [-0.2, -0.15) is 0 Å². The van der Waals surface area contributed by atoms with Crippen LogP contribution in [-0.4, -0.2) is 33.2 Å². The summed E-state index contributed by atoms with van der Waals surface area (Å²) in [5.74, 6) is -2.20. The number of carbonyl (C=O) groups excluding carboxylic acids is 1. The summed E-state index contributed by atoms with van der Waals surface area (Å²) in [6.07, 6.45) is 0.992. The van der Waals surface area contributed by atoms with Crippen LogP contribution in [0.15, 0.2) is 0 Å². The fourth-order valence-electron chi connectivity index (χ4n) is 2.08. The Balaban J connectivity index is 1.90. The zero-order chi connectivity index (χ0) is 10.3. The van der Waals surface area contributed by atoms with Crippen LogP contribution >= 0.6 is 22.6 Å². The smallest absolute Gasteiger partial charge is 0.251 e. The van der Waals surface area contributed by atoms with Crippen molar-refractivity contribution in [1.82, 2.24) is 4.90 Å². The van der Waals surface area contributed by atoms with E-state index in [1.165, 1.54) is 0 Å². The third-order valence-corrected chi connectivity index (χ3v) is 4.10. The summed E-state index contributed by atoms with van der Waals surface area (Å²) in [6, 6.07) is -0.000000000000000222. The van der Waals surface area contributed by atoms with Crippen LogP contribution in [0.3, 0.4) is 0 Å². The summed E-state index contributed by atoms with van der Waals surface area (Å²) in [6.45, 7) is 0.660. The molecule has 0 aromatic heterocycles. The molecule has 0 spiro atoms. The fraction of sp³-hybridized carbons (Fsp3) is 0.889. The molecule has 5 heteroatoms. The molecule has 0 bridgehead atoms. The van der Waals surface area contributed by atoms with Crippen molar-refractivity contribution in [2.75, 3.05) is 6.54 Å². The zero-order valence-electron chi connectivity index (χ0n) is 7.68. The molecule has 0 aromatic rings. The van der Waals surface area contributed by atoms with E-state index in [-0.39, 0.29) is 28.7 Å². The number of nitrogens with zero attached hydrogens (tertiary/aromatic N) is 1. The lowest BCUT2D eigenvalue weighted by Gasteiger charge is -2.46. The number of alkyl halides is 3. The van der Waals surface area contributed by atoms with E-state index in [1.54, 1.807) is 0 Å². The molecular formula is C9H12F2INO. The number of hydrogen-bond acceptors (Lipinski definition) is 2. The number of hydrogen-bond donors (Lipinski definition) is 0. The van der Waals surface area contributed by atoms with E-state index in [4.69, 9.17) is 0 Å². The van der Waals surface area contributed by atoms with E-state index in [0.29, 0.717) is 19.4 Å². The normalized spacial score (nSPS) is 34.2. The lowest BCUT2D eigenvalue weighted by atomic mass is 9.86. The van der Waals surface area contributed by atoms with Crippen molar-refractivity contribution in [3.05, 3.63) is 0 Å². The molecule has 0 aromatic carbocycles. The van der Waals surface area contributed by atoms with Gasteiger partial charge in [-0.15, -0.1) is 0 Å². The lowest BCUT2D eigenvalue weighted by molar-refractivity contribution is -0.136. The molecule has 2 fully saturated rings. The zero-order valence-corrected chi connectivity index (χ0v) is 9.84. The van der Waals surface area contributed by atoms with E-state index in [0.717, 1.165) is 0 Å². The Morgan fingerprint density at radius 3 is 2.57 bits per heavy atom. The number of carbonyl (C=O) groups is 1. The Kier molecular flexibility index (Phi) is 2.81. The minimum absolute atomic E-state index is 0.000000000000000222. The average molecular weight is 315 g/mol. The first kappa shape index (κ1) is 10.7. The maximum Gasteiger partial charge on any atom is 0.251 e. The second-order valence-corrected chi connectivity index (χ2v) is 5.52. The van der Waals surface area contributed by atoms with Gasteiger partial charge in [-0.1, -0.05) is 22.6 Å². The Hall–Kier alpha value is 0.220. The molecule has 0 N–H and O–H groups in total. The molecule has 2 aliphatic rings. The highest BCUT2D eigenvalue weighted by molar-refractivity contribution is 14.1. The van der Waals surface area contributed by atoms with E-state index < -0.39 is 5.92 Å². The maximum atomic E-state index is 12.7. The van der Waals surface area contributed by atoms with Crippen molar-refractivity contribution in [1.29, 1.82) is 0 Å². The quantitative estimate of drug-likeness (QED) is 0.420. The van der Waals surface area contributed by atoms with Crippen molar-refractivity contribution < 1.29 is 13.6 Å². The third kappa shape index (κ3) is 2.08. The maximum absolute atomic E-state index is 12.7. The Morgan fingerprint density at radius 2 is 2.07 bits per heavy atom. The summed E-state index contributed by atoms with van der Waals surface area (Å²) >= 11 is 2.18. The number of rotatable bonds is 1. The molecule has 80 valence electrons. The number of halogens is 3. The van der Waals surface area contributed by atoms with E-state index in [2.05, 4.69) is 27.5 Å². The van der Waals surface area contributed by atoms with Crippen molar-refractivity contribution in [3.63, 3.8) is 0 Å². The van der Waals surface area contributed by atoms with Gasteiger partial charge in [0.2, 0.25) is 0 Å². The van der Waals surface area contributed by atoms with Crippen LogP contribution in [0.5, 0.6) is 0 Å².